The Bertz CT molecular complexity index is 568. The fourth-order valence-corrected chi connectivity index (χ4v) is 2.12. The number of nitrogens with zero attached hydrogens (tertiary/aromatic N) is 1. The molecule has 0 saturated heterocycles. The Labute approximate surface area is 106 Å². The zero-order valence-corrected chi connectivity index (χ0v) is 10.9. The molecule has 0 spiro atoms. The van der Waals surface area contributed by atoms with E-state index in [-0.39, 0.29) is 5.69 Å². The first-order chi connectivity index (χ1) is 8.63. The summed E-state index contributed by atoms with van der Waals surface area (Å²) in [6.45, 7) is 3.77. The van der Waals surface area contributed by atoms with Gasteiger partial charge in [0.1, 0.15) is 0 Å². The second kappa shape index (κ2) is 5.27. The molecule has 5 nitrogen and oxygen atoms in total. The zero-order valence-electron chi connectivity index (χ0n) is 10.9. The number of anilines is 1. The highest BCUT2D eigenvalue weighted by molar-refractivity contribution is 5.78. The van der Waals surface area contributed by atoms with Gasteiger partial charge in [-0.25, -0.2) is 4.79 Å². The Morgan fingerprint density at radius 1 is 1.33 bits per heavy atom. The monoisotopic (exact) mass is 248 g/mol. The van der Waals surface area contributed by atoms with Crippen LogP contribution in [0.15, 0.2) is 23.0 Å². The van der Waals surface area contributed by atoms with Gasteiger partial charge < -0.3 is 20.6 Å². The lowest BCUT2D eigenvalue weighted by molar-refractivity contribution is 0.521. The molecule has 0 fully saturated rings. The lowest BCUT2D eigenvalue weighted by Crippen LogP contribution is -2.29. The van der Waals surface area contributed by atoms with E-state index in [1.807, 2.05) is 25.2 Å². The van der Waals surface area contributed by atoms with Gasteiger partial charge in [-0.1, -0.05) is 13.3 Å². The standard InChI is InChI=1S/C13H20N4O/c1-3-9(7-14)8-17(2)10-4-5-11-12(6-10)16-13(18)15-11/h4-6,9H,3,7-8,14H2,1-2H3,(H2,15,16,18). The number of imidazole rings is 1. The van der Waals surface area contributed by atoms with E-state index in [2.05, 4.69) is 21.8 Å². The van der Waals surface area contributed by atoms with Crippen molar-refractivity contribution in [3.8, 4) is 0 Å². The van der Waals surface area contributed by atoms with Crippen molar-refractivity contribution in [1.82, 2.24) is 9.97 Å². The van der Waals surface area contributed by atoms with Crippen LogP contribution in [-0.4, -0.2) is 30.1 Å². The fraction of sp³-hybridized carbons (Fsp3) is 0.462. The van der Waals surface area contributed by atoms with Gasteiger partial charge in [-0.15, -0.1) is 0 Å². The van der Waals surface area contributed by atoms with Crippen LogP contribution < -0.4 is 16.3 Å². The van der Waals surface area contributed by atoms with Crippen molar-refractivity contribution in [3.63, 3.8) is 0 Å². The molecule has 0 amide bonds. The molecule has 0 radical (unpaired) electrons. The van der Waals surface area contributed by atoms with Gasteiger partial charge in [-0.3, -0.25) is 0 Å². The van der Waals surface area contributed by atoms with Gasteiger partial charge in [-0.2, -0.15) is 0 Å². The Hall–Kier alpha value is -1.75. The van der Waals surface area contributed by atoms with E-state index >= 15 is 0 Å². The number of hydrogen-bond acceptors (Lipinski definition) is 3. The second-order valence-corrected chi connectivity index (χ2v) is 4.70. The number of H-pyrrole nitrogens is 2. The molecule has 0 saturated carbocycles. The minimum Gasteiger partial charge on any atom is -0.374 e. The summed E-state index contributed by atoms with van der Waals surface area (Å²) in [5, 5.41) is 0. The highest BCUT2D eigenvalue weighted by Gasteiger charge is 2.09. The van der Waals surface area contributed by atoms with Gasteiger partial charge in [0.15, 0.2) is 0 Å². The van der Waals surface area contributed by atoms with Crippen LogP contribution in [0, 0.1) is 5.92 Å². The van der Waals surface area contributed by atoms with Crippen LogP contribution in [0.25, 0.3) is 11.0 Å². The molecule has 1 aromatic heterocycles. The molecule has 1 atom stereocenters. The maximum Gasteiger partial charge on any atom is 0.323 e. The molecule has 0 aliphatic carbocycles. The summed E-state index contributed by atoms with van der Waals surface area (Å²) in [5.41, 5.74) is 8.32. The Balaban J connectivity index is 2.21. The Kier molecular flexibility index (Phi) is 3.72. The van der Waals surface area contributed by atoms with E-state index in [4.69, 9.17) is 5.73 Å². The third-order valence-corrected chi connectivity index (χ3v) is 3.38. The second-order valence-electron chi connectivity index (χ2n) is 4.70. The van der Waals surface area contributed by atoms with Crippen molar-refractivity contribution in [1.29, 1.82) is 0 Å². The van der Waals surface area contributed by atoms with Crippen molar-refractivity contribution in [2.24, 2.45) is 11.7 Å². The molecule has 98 valence electrons. The van der Waals surface area contributed by atoms with Crippen molar-refractivity contribution in [3.05, 3.63) is 28.7 Å². The summed E-state index contributed by atoms with van der Waals surface area (Å²) < 4.78 is 0. The summed E-state index contributed by atoms with van der Waals surface area (Å²) in [6, 6.07) is 5.91. The Morgan fingerprint density at radius 2 is 2.06 bits per heavy atom. The molecule has 2 aromatic rings. The van der Waals surface area contributed by atoms with E-state index in [1.165, 1.54) is 0 Å². The quantitative estimate of drug-likeness (QED) is 0.746. The van der Waals surface area contributed by atoms with E-state index in [1.54, 1.807) is 0 Å². The van der Waals surface area contributed by atoms with Crippen molar-refractivity contribution < 1.29 is 0 Å². The van der Waals surface area contributed by atoms with Crippen molar-refractivity contribution >= 4 is 16.7 Å². The topological polar surface area (TPSA) is 77.9 Å². The van der Waals surface area contributed by atoms with Crippen molar-refractivity contribution in [2.45, 2.75) is 13.3 Å². The molecule has 1 heterocycles. The van der Waals surface area contributed by atoms with Gasteiger partial charge in [0, 0.05) is 19.3 Å². The van der Waals surface area contributed by atoms with Crippen LogP contribution in [0.1, 0.15) is 13.3 Å². The molecule has 18 heavy (non-hydrogen) atoms. The average molecular weight is 248 g/mol. The summed E-state index contributed by atoms with van der Waals surface area (Å²) in [7, 11) is 2.05. The first-order valence-electron chi connectivity index (χ1n) is 6.27. The molecular formula is C13H20N4O. The molecular weight excluding hydrogens is 228 g/mol. The molecule has 0 aliphatic rings. The van der Waals surface area contributed by atoms with Crippen LogP contribution in [0.3, 0.4) is 0 Å². The minimum atomic E-state index is -0.168. The maximum atomic E-state index is 11.2. The lowest BCUT2D eigenvalue weighted by atomic mass is 10.1. The maximum absolute atomic E-state index is 11.2. The zero-order chi connectivity index (χ0) is 13.1. The molecule has 4 N–H and O–H groups in total. The van der Waals surface area contributed by atoms with Gasteiger partial charge in [-0.05, 0) is 30.7 Å². The average Bonchev–Trinajstić information content (AvgIpc) is 2.74. The molecule has 1 aromatic carbocycles. The molecule has 1 unspecified atom stereocenters. The normalized spacial score (nSPS) is 12.8. The largest absolute Gasteiger partial charge is 0.374 e. The van der Waals surface area contributed by atoms with Crippen LogP contribution >= 0.6 is 0 Å². The third-order valence-electron chi connectivity index (χ3n) is 3.38. The molecule has 2 rings (SSSR count). The molecule has 0 bridgehead atoms. The van der Waals surface area contributed by atoms with E-state index < -0.39 is 0 Å². The first kappa shape index (κ1) is 12.7. The van der Waals surface area contributed by atoms with Crippen LogP contribution in [0.2, 0.25) is 0 Å². The number of aromatic amines is 2. The fourth-order valence-electron chi connectivity index (χ4n) is 2.12. The number of nitrogens with one attached hydrogen (secondary N) is 2. The number of hydrogen-bond donors (Lipinski definition) is 3. The highest BCUT2D eigenvalue weighted by Crippen LogP contribution is 2.19. The number of benzene rings is 1. The van der Waals surface area contributed by atoms with Gasteiger partial charge in [0.25, 0.3) is 0 Å². The smallest absolute Gasteiger partial charge is 0.323 e. The summed E-state index contributed by atoms with van der Waals surface area (Å²) in [5.74, 6) is 0.496. The summed E-state index contributed by atoms with van der Waals surface area (Å²) >= 11 is 0. The lowest BCUT2D eigenvalue weighted by Gasteiger charge is -2.24. The predicted molar refractivity (Wildman–Crippen MR) is 75.0 cm³/mol. The van der Waals surface area contributed by atoms with Crippen LogP contribution in [-0.2, 0) is 0 Å². The molecule has 5 heteroatoms. The van der Waals surface area contributed by atoms with Gasteiger partial charge in [0.05, 0.1) is 11.0 Å². The van der Waals surface area contributed by atoms with E-state index in [0.717, 1.165) is 29.7 Å². The van der Waals surface area contributed by atoms with Crippen molar-refractivity contribution in [2.75, 3.05) is 25.0 Å². The Morgan fingerprint density at radius 3 is 2.72 bits per heavy atom. The molecule has 0 aliphatic heterocycles. The summed E-state index contributed by atoms with van der Waals surface area (Å²) in [6.07, 6.45) is 1.07. The van der Waals surface area contributed by atoms with Crippen LogP contribution in [0.4, 0.5) is 5.69 Å². The number of fused-ring (bicyclic) bond motifs is 1. The first-order valence-corrected chi connectivity index (χ1v) is 6.27. The van der Waals surface area contributed by atoms with Gasteiger partial charge in [0.2, 0.25) is 0 Å². The predicted octanol–water partition coefficient (Wildman–Crippen LogP) is 1.28. The number of nitrogens with two attached hydrogens (primary N) is 1. The minimum absolute atomic E-state index is 0.168. The summed E-state index contributed by atoms with van der Waals surface area (Å²) in [4.78, 5) is 18.9. The van der Waals surface area contributed by atoms with Gasteiger partial charge >= 0.3 is 5.69 Å². The number of rotatable bonds is 5. The van der Waals surface area contributed by atoms with Crippen LogP contribution in [0.5, 0.6) is 0 Å². The van der Waals surface area contributed by atoms with E-state index in [9.17, 15) is 4.79 Å². The van der Waals surface area contributed by atoms with E-state index in [0.29, 0.717) is 12.5 Å². The highest BCUT2D eigenvalue weighted by atomic mass is 16.1. The number of aromatic nitrogens is 2. The third kappa shape index (κ3) is 2.56. The SMILES string of the molecule is CCC(CN)CN(C)c1ccc2[nH]c(=O)[nH]c2c1.